The first-order valence-corrected chi connectivity index (χ1v) is 14.1. The Morgan fingerprint density at radius 2 is 1.95 bits per heavy atom. The topological polar surface area (TPSA) is 87.9 Å². The molecule has 232 valence electrons. The molecular formula is C30H34F4N4O5. The Balaban J connectivity index is 1.58. The maximum atomic E-state index is 15.7. The molecule has 1 saturated heterocycles. The first-order valence-electron chi connectivity index (χ1n) is 14.1. The lowest BCUT2D eigenvalue weighted by molar-refractivity contribution is -0.137. The number of ether oxygens (including phenoxy) is 4. The molecule has 9 nitrogen and oxygen atoms in total. The fourth-order valence-corrected chi connectivity index (χ4v) is 5.10. The molecule has 1 aromatic carbocycles. The van der Waals surface area contributed by atoms with Crippen molar-refractivity contribution >= 4 is 22.6 Å². The van der Waals surface area contributed by atoms with Gasteiger partial charge < -0.3 is 23.8 Å². The van der Waals surface area contributed by atoms with Gasteiger partial charge in [0.25, 0.3) is 0 Å². The Morgan fingerprint density at radius 1 is 1.16 bits per heavy atom. The number of fused-ring (bicyclic) bond motifs is 1. The number of rotatable bonds is 6. The van der Waals surface area contributed by atoms with Gasteiger partial charge in [0.05, 0.1) is 16.8 Å². The Labute approximate surface area is 246 Å². The number of halogens is 4. The van der Waals surface area contributed by atoms with Crippen molar-refractivity contribution in [1.29, 1.82) is 0 Å². The minimum Gasteiger partial charge on any atom is -0.464 e. The van der Waals surface area contributed by atoms with Crippen molar-refractivity contribution in [2.24, 2.45) is 0 Å². The van der Waals surface area contributed by atoms with E-state index < -0.39 is 48.0 Å². The molecule has 0 N–H and O–H groups in total. The number of carbonyl (C=O) groups is 1. The van der Waals surface area contributed by atoms with E-state index >= 15 is 4.39 Å². The van der Waals surface area contributed by atoms with E-state index in [1.54, 1.807) is 36.4 Å². The van der Waals surface area contributed by atoms with Crippen molar-refractivity contribution in [2.75, 3.05) is 33.6 Å². The average molecular weight is 607 g/mol. The minimum absolute atomic E-state index is 0.0113. The molecule has 4 heterocycles. The standard InChI is InChI=1S/C30H34F4N4O5/c1-29(2,3)43-28(39)37-10-8-18(9-11-37)22-15-23-21(16-35-22)27(36-38(23)25-7-5-6-12-41-25)20-13-19(30(32,33)34)14-24(26(20)31)42-17-40-4/h8,13-16,25H,5-7,9-12,17H2,1-4H3. The molecule has 1 atom stereocenters. The largest absolute Gasteiger partial charge is 0.464 e. The zero-order valence-corrected chi connectivity index (χ0v) is 24.5. The van der Waals surface area contributed by atoms with Crippen LogP contribution < -0.4 is 4.74 Å². The van der Waals surface area contributed by atoms with Crippen LogP contribution in [0.3, 0.4) is 0 Å². The molecule has 13 heteroatoms. The second-order valence-corrected chi connectivity index (χ2v) is 11.5. The van der Waals surface area contributed by atoms with Crippen molar-refractivity contribution in [1.82, 2.24) is 19.7 Å². The van der Waals surface area contributed by atoms with E-state index in [2.05, 4.69) is 10.1 Å². The second kappa shape index (κ2) is 12.1. The third kappa shape index (κ3) is 6.77. The van der Waals surface area contributed by atoms with E-state index in [0.29, 0.717) is 55.2 Å². The van der Waals surface area contributed by atoms with Crippen LogP contribution in [0.2, 0.25) is 0 Å². The number of pyridine rings is 1. The number of nitrogens with zero attached hydrogens (tertiary/aromatic N) is 4. The Morgan fingerprint density at radius 3 is 2.58 bits per heavy atom. The first kappa shape index (κ1) is 30.7. The van der Waals surface area contributed by atoms with Gasteiger partial charge in [-0.25, -0.2) is 13.9 Å². The molecule has 0 spiro atoms. The molecule has 2 aliphatic rings. The first-order chi connectivity index (χ1) is 20.4. The predicted molar refractivity (Wildman–Crippen MR) is 150 cm³/mol. The Hall–Kier alpha value is -3.71. The summed E-state index contributed by atoms with van der Waals surface area (Å²) in [6.07, 6.45) is 0.633. The van der Waals surface area contributed by atoms with Gasteiger partial charge >= 0.3 is 12.3 Å². The number of hydrogen-bond acceptors (Lipinski definition) is 7. The molecule has 1 fully saturated rings. The maximum Gasteiger partial charge on any atom is 0.416 e. The zero-order chi connectivity index (χ0) is 30.9. The summed E-state index contributed by atoms with van der Waals surface area (Å²) < 4.78 is 80.2. The van der Waals surface area contributed by atoms with Crippen LogP contribution >= 0.6 is 0 Å². The summed E-state index contributed by atoms with van der Waals surface area (Å²) >= 11 is 0. The van der Waals surface area contributed by atoms with E-state index in [1.807, 2.05) is 6.08 Å². The number of aromatic nitrogens is 3. The Kier molecular flexibility index (Phi) is 8.66. The van der Waals surface area contributed by atoms with Gasteiger partial charge in [-0.05, 0) is 70.2 Å². The normalized spacial score (nSPS) is 18.1. The summed E-state index contributed by atoms with van der Waals surface area (Å²) in [7, 11) is 1.28. The van der Waals surface area contributed by atoms with Crippen LogP contribution in [0.15, 0.2) is 30.5 Å². The highest BCUT2D eigenvalue weighted by atomic mass is 19.4. The van der Waals surface area contributed by atoms with Crippen LogP contribution in [-0.4, -0.2) is 65.0 Å². The van der Waals surface area contributed by atoms with Gasteiger partial charge in [0.1, 0.15) is 11.3 Å². The van der Waals surface area contributed by atoms with Crippen molar-refractivity contribution in [2.45, 2.75) is 64.5 Å². The minimum atomic E-state index is -4.76. The smallest absolute Gasteiger partial charge is 0.416 e. The van der Waals surface area contributed by atoms with Crippen LogP contribution in [0.25, 0.3) is 27.7 Å². The summed E-state index contributed by atoms with van der Waals surface area (Å²) in [5.41, 5.74) is -0.0327. The van der Waals surface area contributed by atoms with Gasteiger partial charge in [0.15, 0.2) is 24.6 Å². The summed E-state index contributed by atoms with van der Waals surface area (Å²) in [4.78, 5) is 18.7. The fraction of sp³-hybridized carbons (Fsp3) is 0.500. The lowest BCUT2D eigenvalue weighted by atomic mass is 10.0. The summed E-state index contributed by atoms with van der Waals surface area (Å²) in [6.45, 7) is 6.24. The fourth-order valence-electron chi connectivity index (χ4n) is 5.10. The van der Waals surface area contributed by atoms with Crippen LogP contribution in [0.5, 0.6) is 5.75 Å². The summed E-state index contributed by atoms with van der Waals surface area (Å²) in [5.74, 6) is -1.60. The molecule has 2 aromatic heterocycles. The highest BCUT2D eigenvalue weighted by Gasteiger charge is 2.34. The van der Waals surface area contributed by atoms with E-state index in [4.69, 9.17) is 18.9 Å². The molecule has 2 aliphatic heterocycles. The highest BCUT2D eigenvalue weighted by molar-refractivity contribution is 5.94. The van der Waals surface area contributed by atoms with Crippen molar-refractivity contribution < 1.29 is 41.3 Å². The van der Waals surface area contributed by atoms with E-state index in [-0.39, 0.29) is 11.3 Å². The van der Waals surface area contributed by atoms with Crippen molar-refractivity contribution in [3.8, 4) is 17.0 Å². The number of carbonyl (C=O) groups excluding carboxylic acids is 1. The van der Waals surface area contributed by atoms with Crippen molar-refractivity contribution in [3.05, 3.63) is 47.5 Å². The Bertz CT molecular complexity index is 1520. The van der Waals surface area contributed by atoms with E-state index in [9.17, 15) is 18.0 Å². The molecule has 0 bridgehead atoms. The summed E-state index contributed by atoms with van der Waals surface area (Å²) in [5, 5.41) is 4.97. The van der Waals surface area contributed by atoms with Crippen LogP contribution in [0, 0.1) is 5.82 Å². The van der Waals surface area contributed by atoms with Crippen molar-refractivity contribution in [3.63, 3.8) is 0 Å². The third-order valence-corrected chi connectivity index (χ3v) is 7.16. The van der Waals surface area contributed by atoms with Gasteiger partial charge in [-0.2, -0.15) is 18.3 Å². The quantitative estimate of drug-likeness (QED) is 0.221. The third-order valence-electron chi connectivity index (χ3n) is 7.16. The molecule has 3 aromatic rings. The van der Waals surface area contributed by atoms with E-state index in [1.165, 1.54) is 13.3 Å². The van der Waals surface area contributed by atoms with Crippen LogP contribution in [-0.2, 0) is 20.4 Å². The number of benzene rings is 1. The van der Waals surface area contributed by atoms with Gasteiger partial charge in [-0.3, -0.25) is 4.98 Å². The van der Waals surface area contributed by atoms with Gasteiger partial charge in [0.2, 0.25) is 0 Å². The monoisotopic (exact) mass is 606 g/mol. The van der Waals surface area contributed by atoms with Crippen LogP contribution in [0.4, 0.5) is 22.4 Å². The maximum absolute atomic E-state index is 15.7. The molecule has 1 unspecified atom stereocenters. The molecule has 0 saturated carbocycles. The number of methoxy groups -OCH3 is 1. The molecule has 0 aliphatic carbocycles. The molecule has 0 radical (unpaired) electrons. The van der Waals surface area contributed by atoms with Crippen LogP contribution in [0.1, 0.15) is 63.9 Å². The zero-order valence-electron chi connectivity index (χ0n) is 24.5. The molecule has 43 heavy (non-hydrogen) atoms. The molecular weight excluding hydrogens is 572 g/mol. The lowest BCUT2D eigenvalue weighted by Crippen LogP contribution is -2.39. The lowest BCUT2D eigenvalue weighted by Gasteiger charge is -2.29. The summed E-state index contributed by atoms with van der Waals surface area (Å²) in [6, 6.07) is 3.12. The van der Waals surface area contributed by atoms with Gasteiger partial charge in [-0.15, -0.1) is 0 Å². The predicted octanol–water partition coefficient (Wildman–Crippen LogP) is 6.96. The van der Waals surface area contributed by atoms with E-state index in [0.717, 1.165) is 24.5 Å². The number of amides is 1. The molecule has 5 rings (SSSR count). The number of hydrogen-bond donors (Lipinski definition) is 0. The number of alkyl halides is 3. The molecule has 1 amide bonds. The SMILES string of the molecule is COCOc1cc(C(F)(F)F)cc(-c2nn(C3CCCCO3)c3cc(C4=CCN(C(=O)OC(C)(C)C)CC4)ncc23)c1F. The second-order valence-electron chi connectivity index (χ2n) is 11.5. The van der Waals surface area contributed by atoms with Gasteiger partial charge in [-0.1, -0.05) is 6.08 Å². The average Bonchev–Trinajstić information content (AvgIpc) is 3.34. The van der Waals surface area contributed by atoms with Gasteiger partial charge in [0, 0.05) is 44.0 Å². The highest BCUT2D eigenvalue weighted by Crippen LogP contribution is 2.41.